The third kappa shape index (κ3) is 3.70. The van der Waals surface area contributed by atoms with Crippen LogP contribution in [0.15, 0.2) is 12.4 Å². The van der Waals surface area contributed by atoms with Crippen LogP contribution < -0.4 is 5.32 Å². The average Bonchev–Trinajstić information content (AvgIpc) is 2.89. The van der Waals surface area contributed by atoms with Gasteiger partial charge in [0.2, 0.25) is 0 Å². The number of thioether (sulfide) groups is 2. The number of imidazole rings is 1. The fraction of sp³-hybridized carbons (Fsp3) is 0.786. The van der Waals surface area contributed by atoms with Gasteiger partial charge in [0.05, 0.1) is 6.04 Å². The molecule has 3 atom stereocenters. The smallest absolute Gasteiger partial charge is 0.127 e. The highest BCUT2D eigenvalue weighted by Crippen LogP contribution is 2.38. The van der Waals surface area contributed by atoms with Gasteiger partial charge in [-0.15, -0.1) is 0 Å². The first kappa shape index (κ1) is 15.3. The van der Waals surface area contributed by atoms with Crippen LogP contribution in [0.3, 0.4) is 0 Å². The molecule has 3 unspecified atom stereocenters. The minimum atomic E-state index is 0.377. The van der Waals surface area contributed by atoms with Gasteiger partial charge in [-0.3, -0.25) is 0 Å². The van der Waals surface area contributed by atoms with Crippen molar-refractivity contribution in [1.29, 1.82) is 0 Å². The van der Waals surface area contributed by atoms with Crippen LogP contribution in [-0.4, -0.2) is 38.1 Å². The maximum atomic E-state index is 4.63. The van der Waals surface area contributed by atoms with Gasteiger partial charge in [-0.1, -0.05) is 13.8 Å². The summed E-state index contributed by atoms with van der Waals surface area (Å²) in [5.41, 5.74) is 0. The molecular formula is C14H25N3S2. The summed E-state index contributed by atoms with van der Waals surface area (Å²) in [6, 6.07) is 0.377. The third-order valence-corrected chi connectivity index (χ3v) is 6.74. The van der Waals surface area contributed by atoms with E-state index in [4.69, 9.17) is 0 Å². The molecule has 3 nitrogen and oxygen atoms in total. The van der Waals surface area contributed by atoms with Crippen LogP contribution >= 0.6 is 23.5 Å². The van der Waals surface area contributed by atoms with Crippen LogP contribution in [0, 0.1) is 0 Å². The standard InChI is InChI=1S/C14H25N3S2/c1-4-6-15-12(13-11(3)18-9-10-19-13)14-16-7-8-17(14)5-2/h7-8,11-13,15H,4-6,9-10H2,1-3H3. The SMILES string of the molecule is CCCNC(c1nccn1CC)C1SCCSC1C. The van der Waals surface area contributed by atoms with Gasteiger partial charge in [0.25, 0.3) is 0 Å². The Balaban J connectivity index is 2.19. The summed E-state index contributed by atoms with van der Waals surface area (Å²) in [4.78, 5) is 4.63. The van der Waals surface area contributed by atoms with Gasteiger partial charge in [0.1, 0.15) is 5.82 Å². The van der Waals surface area contributed by atoms with E-state index in [1.54, 1.807) is 0 Å². The van der Waals surface area contributed by atoms with Crippen LogP contribution in [-0.2, 0) is 6.54 Å². The van der Waals surface area contributed by atoms with Crippen LogP contribution in [0.25, 0.3) is 0 Å². The zero-order chi connectivity index (χ0) is 13.7. The summed E-state index contributed by atoms with van der Waals surface area (Å²) in [5, 5.41) is 5.04. The Morgan fingerprint density at radius 3 is 2.89 bits per heavy atom. The molecule has 19 heavy (non-hydrogen) atoms. The first-order chi connectivity index (χ1) is 9.27. The van der Waals surface area contributed by atoms with Gasteiger partial charge in [0.15, 0.2) is 0 Å². The molecule has 1 N–H and O–H groups in total. The molecule has 1 aliphatic rings. The van der Waals surface area contributed by atoms with Crippen LogP contribution in [0.1, 0.15) is 39.1 Å². The Hall–Kier alpha value is -0.130. The third-order valence-electron chi connectivity index (χ3n) is 3.55. The molecule has 1 aromatic heterocycles. The van der Waals surface area contributed by atoms with Crippen molar-refractivity contribution in [2.24, 2.45) is 0 Å². The normalized spacial score (nSPS) is 25.4. The molecular weight excluding hydrogens is 274 g/mol. The Morgan fingerprint density at radius 2 is 2.21 bits per heavy atom. The monoisotopic (exact) mass is 299 g/mol. The lowest BCUT2D eigenvalue weighted by Crippen LogP contribution is -2.39. The van der Waals surface area contributed by atoms with Gasteiger partial charge in [-0.25, -0.2) is 4.98 Å². The van der Waals surface area contributed by atoms with Crippen molar-refractivity contribution in [2.45, 2.75) is 50.3 Å². The molecule has 2 rings (SSSR count). The lowest BCUT2D eigenvalue weighted by molar-refractivity contribution is 0.466. The molecule has 0 saturated carbocycles. The van der Waals surface area contributed by atoms with Gasteiger partial charge >= 0.3 is 0 Å². The van der Waals surface area contributed by atoms with Crippen molar-refractivity contribution >= 4 is 23.5 Å². The summed E-state index contributed by atoms with van der Waals surface area (Å²) in [5.74, 6) is 3.75. The molecule has 5 heteroatoms. The van der Waals surface area contributed by atoms with E-state index in [9.17, 15) is 0 Å². The second kappa shape index (κ2) is 7.60. The Kier molecular flexibility index (Phi) is 6.10. The Bertz CT molecular complexity index is 381. The van der Waals surface area contributed by atoms with E-state index >= 15 is 0 Å². The van der Waals surface area contributed by atoms with Crippen molar-refractivity contribution in [1.82, 2.24) is 14.9 Å². The number of aryl methyl sites for hydroxylation is 1. The largest absolute Gasteiger partial charge is 0.334 e. The van der Waals surface area contributed by atoms with E-state index in [2.05, 4.69) is 65.4 Å². The van der Waals surface area contributed by atoms with Gasteiger partial charge < -0.3 is 9.88 Å². The second-order valence-corrected chi connectivity index (χ2v) is 7.69. The molecule has 1 aromatic rings. The molecule has 2 heterocycles. The first-order valence-corrected chi connectivity index (χ1v) is 9.35. The lowest BCUT2D eigenvalue weighted by atomic mass is 10.1. The highest BCUT2D eigenvalue weighted by Gasteiger charge is 2.33. The van der Waals surface area contributed by atoms with Gasteiger partial charge in [0, 0.05) is 40.9 Å². The number of aromatic nitrogens is 2. The first-order valence-electron chi connectivity index (χ1n) is 7.25. The molecule has 0 radical (unpaired) electrons. The molecule has 1 saturated heterocycles. The molecule has 1 aliphatic heterocycles. The number of hydrogen-bond donors (Lipinski definition) is 1. The van der Waals surface area contributed by atoms with E-state index in [0.29, 0.717) is 16.5 Å². The summed E-state index contributed by atoms with van der Waals surface area (Å²) >= 11 is 4.21. The molecule has 0 spiro atoms. The highest BCUT2D eigenvalue weighted by molar-refractivity contribution is 8.07. The minimum Gasteiger partial charge on any atom is -0.334 e. The van der Waals surface area contributed by atoms with Crippen LogP contribution in [0.5, 0.6) is 0 Å². The van der Waals surface area contributed by atoms with E-state index in [0.717, 1.165) is 13.1 Å². The highest BCUT2D eigenvalue weighted by atomic mass is 32.2. The van der Waals surface area contributed by atoms with E-state index in [-0.39, 0.29) is 0 Å². The molecule has 108 valence electrons. The van der Waals surface area contributed by atoms with Crippen molar-refractivity contribution in [2.75, 3.05) is 18.1 Å². The minimum absolute atomic E-state index is 0.377. The summed E-state index contributed by atoms with van der Waals surface area (Å²) in [7, 11) is 0. The second-order valence-electron chi connectivity index (χ2n) is 4.91. The fourth-order valence-corrected chi connectivity index (χ4v) is 5.45. The molecule has 1 fully saturated rings. The number of hydrogen-bond acceptors (Lipinski definition) is 4. The number of nitrogens with zero attached hydrogens (tertiary/aromatic N) is 2. The van der Waals surface area contributed by atoms with E-state index < -0.39 is 0 Å². The number of rotatable bonds is 6. The zero-order valence-electron chi connectivity index (χ0n) is 12.1. The van der Waals surface area contributed by atoms with Crippen molar-refractivity contribution < 1.29 is 0 Å². The van der Waals surface area contributed by atoms with Crippen LogP contribution in [0.2, 0.25) is 0 Å². The molecule has 0 aromatic carbocycles. The predicted octanol–water partition coefficient (Wildman–Crippen LogP) is 3.18. The summed E-state index contributed by atoms with van der Waals surface area (Å²) < 4.78 is 2.28. The van der Waals surface area contributed by atoms with Crippen molar-refractivity contribution in [3.8, 4) is 0 Å². The van der Waals surface area contributed by atoms with E-state index in [1.807, 2.05) is 6.20 Å². The Morgan fingerprint density at radius 1 is 1.42 bits per heavy atom. The predicted molar refractivity (Wildman–Crippen MR) is 87.1 cm³/mol. The van der Waals surface area contributed by atoms with Crippen molar-refractivity contribution in [3.63, 3.8) is 0 Å². The van der Waals surface area contributed by atoms with Crippen LogP contribution in [0.4, 0.5) is 0 Å². The molecule has 0 amide bonds. The lowest BCUT2D eigenvalue weighted by Gasteiger charge is -2.34. The summed E-state index contributed by atoms with van der Waals surface area (Å²) in [6.07, 6.45) is 5.20. The Labute approximate surface area is 125 Å². The maximum Gasteiger partial charge on any atom is 0.127 e. The molecule has 0 aliphatic carbocycles. The van der Waals surface area contributed by atoms with E-state index in [1.165, 1.54) is 23.8 Å². The number of nitrogens with one attached hydrogen (secondary N) is 1. The summed E-state index contributed by atoms with van der Waals surface area (Å²) in [6.45, 7) is 8.84. The fourth-order valence-electron chi connectivity index (χ4n) is 2.54. The molecule has 0 bridgehead atoms. The zero-order valence-corrected chi connectivity index (χ0v) is 13.8. The van der Waals surface area contributed by atoms with Gasteiger partial charge in [-0.2, -0.15) is 23.5 Å². The van der Waals surface area contributed by atoms with Crippen molar-refractivity contribution in [3.05, 3.63) is 18.2 Å². The topological polar surface area (TPSA) is 29.9 Å². The van der Waals surface area contributed by atoms with Gasteiger partial charge in [-0.05, 0) is 19.9 Å². The average molecular weight is 300 g/mol. The maximum absolute atomic E-state index is 4.63. The quantitative estimate of drug-likeness (QED) is 0.874.